The first-order chi connectivity index (χ1) is 13.6. The van der Waals surface area contributed by atoms with Crippen molar-refractivity contribution in [2.75, 3.05) is 19.0 Å². The zero-order valence-corrected chi connectivity index (χ0v) is 16.2. The Morgan fingerprint density at radius 1 is 1.25 bits per heavy atom. The topological polar surface area (TPSA) is 78.3 Å². The van der Waals surface area contributed by atoms with Gasteiger partial charge in [0.15, 0.2) is 11.5 Å². The van der Waals surface area contributed by atoms with Gasteiger partial charge in [0, 0.05) is 11.1 Å². The molecule has 0 unspecified atom stereocenters. The number of nitrogens with zero attached hydrogens (tertiary/aromatic N) is 3. The van der Waals surface area contributed by atoms with Gasteiger partial charge in [-0.3, -0.25) is 4.79 Å². The van der Waals surface area contributed by atoms with Gasteiger partial charge in [-0.2, -0.15) is 5.10 Å². The summed E-state index contributed by atoms with van der Waals surface area (Å²) in [6.07, 6.45) is 6.08. The smallest absolute Gasteiger partial charge is 0.248 e. The summed E-state index contributed by atoms with van der Waals surface area (Å²) in [6.45, 7) is 2.45. The van der Waals surface area contributed by atoms with Gasteiger partial charge in [-0.15, -0.1) is 0 Å². The molecule has 1 heterocycles. The first kappa shape index (κ1) is 19.4. The Balaban J connectivity index is 1.77. The molecule has 0 aliphatic heterocycles. The number of methoxy groups -OCH3 is 1. The Kier molecular flexibility index (Phi) is 6.29. The van der Waals surface area contributed by atoms with Crippen LogP contribution in [0.3, 0.4) is 0 Å². The van der Waals surface area contributed by atoms with Crippen LogP contribution < -0.4 is 14.8 Å². The van der Waals surface area contributed by atoms with Gasteiger partial charge in [0.2, 0.25) is 5.91 Å². The molecule has 144 valence electrons. The number of carbonyl (C=O) groups excluding carboxylic acids is 1. The lowest BCUT2D eigenvalue weighted by molar-refractivity contribution is -0.111. The third kappa shape index (κ3) is 4.69. The van der Waals surface area contributed by atoms with E-state index in [9.17, 15) is 4.79 Å². The van der Waals surface area contributed by atoms with E-state index in [4.69, 9.17) is 21.1 Å². The molecule has 1 aromatic heterocycles. The molecular formula is C20H19ClN4O3. The quantitative estimate of drug-likeness (QED) is 0.609. The highest BCUT2D eigenvalue weighted by Crippen LogP contribution is 2.28. The van der Waals surface area contributed by atoms with Gasteiger partial charge >= 0.3 is 0 Å². The molecule has 3 rings (SSSR count). The summed E-state index contributed by atoms with van der Waals surface area (Å²) >= 11 is 6.07. The number of hydrogen-bond donors (Lipinski definition) is 1. The van der Waals surface area contributed by atoms with Crippen molar-refractivity contribution < 1.29 is 14.3 Å². The van der Waals surface area contributed by atoms with Crippen molar-refractivity contribution in [2.45, 2.75) is 6.92 Å². The highest BCUT2D eigenvalue weighted by atomic mass is 35.5. The van der Waals surface area contributed by atoms with Crippen molar-refractivity contribution in [2.24, 2.45) is 0 Å². The highest BCUT2D eigenvalue weighted by Gasteiger charge is 2.09. The van der Waals surface area contributed by atoms with E-state index in [0.717, 1.165) is 5.56 Å². The monoisotopic (exact) mass is 398 g/mol. The van der Waals surface area contributed by atoms with Crippen LogP contribution in [0.5, 0.6) is 11.5 Å². The van der Waals surface area contributed by atoms with Gasteiger partial charge in [-0.1, -0.05) is 17.7 Å². The van der Waals surface area contributed by atoms with E-state index in [2.05, 4.69) is 15.4 Å². The van der Waals surface area contributed by atoms with Crippen molar-refractivity contribution >= 4 is 29.3 Å². The predicted molar refractivity (Wildman–Crippen MR) is 108 cm³/mol. The molecule has 0 saturated carbocycles. The van der Waals surface area contributed by atoms with Crippen molar-refractivity contribution in [3.63, 3.8) is 0 Å². The Hall–Kier alpha value is -3.32. The second kappa shape index (κ2) is 9.05. The number of aromatic nitrogens is 3. The molecule has 28 heavy (non-hydrogen) atoms. The average molecular weight is 399 g/mol. The minimum Gasteiger partial charge on any atom is -0.493 e. The normalized spacial score (nSPS) is 10.8. The molecule has 0 radical (unpaired) electrons. The lowest BCUT2D eigenvalue weighted by Crippen LogP contribution is -2.11. The standard InChI is InChI=1S/C20H19ClN4O3/c1-3-28-18-8-4-14(10-19(18)27-2)5-9-20(26)24-16-11-15(21)6-7-17(16)25-13-22-12-23-25/h4-13H,3H2,1-2H3,(H,24,26)/b9-5+. The summed E-state index contributed by atoms with van der Waals surface area (Å²) in [5.41, 5.74) is 1.99. The summed E-state index contributed by atoms with van der Waals surface area (Å²) in [6, 6.07) is 10.6. The number of carbonyl (C=O) groups is 1. The van der Waals surface area contributed by atoms with E-state index in [1.165, 1.54) is 12.4 Å². The molecule has 2 aromatic carbocycles. The van der Waals surface area contributed by atoms with Gasteiger partial charge in [-0.05, 0) is 48.9 Å². The summed E-state index contributed by atoms with van der Waals surface area (Å²) in [4.78, 5) is 16.3. The minimum absolute atomic E-state index is 0.309. The first-order valence-electron chi connectivity index (χ1n) is 8.55. The molecule has 0 aliphatic rings. The lowest BCUT2D eigenvalue weighted by Gasteiger charge is -2.10. The molecule has 7 nitrogen and oxygen atoms in total. The van der Waals surface area contributed by atoms with Gasteiger partial charge in [-0.25, -0.2) is 9.67 Å². The molecule has 0 aliphatic carbocycles. The largest absolute Gasteiger partial charge is 0.493 e. The minimum atomic E-state index is -0.309. The summed E-state index contributed by atoms with van der Waals surface area (Å²) in [5.74, 6) is 0.951. The van der Waals surface area contributed by atoms with Gasteiger partial charge < -0.3 is 14.8 Å². The fourth-order valence-corrected chi connectivity index (χ4v) is 2.72. The Morgan fingerprint density at radius 3 is 2.82 bits per heavy atom. The highest BCUT2D eigenvalue weighted by molar-refractivity contribution is 6.31. The molecule has 0 spiro atoms. The summed E-state index contributed by atoms with van der Waals surface area (Å²) in [7, 11) is 1.57. The summed E-state index contributed by atoms with van der Waals surface area (Å²) < 4.78 is 12.4. The molecule has 0 fully saturated rings. The van der Waals surface area contributed by atoms with Gasteiger partial charge in [0.05, 0.1) is 25.1 Å². The first-order valence-corrected chi connectivity index (χ1v) is 8.93. The molecule has 0 atom stereocenters. The van der Waals surface area contributed by atoms with Crippen LogP contribution in [-0.2, 0) is 4.79 Å². The second-order valence-corrected chi connectivity index (χ2v) is 6.10. The number of halogens is 1. The van der Waals surface area contributed by atoms with E-state index >= 15 is 0 Å². The maximum absolute atomic E-state index is 12.4. The molecular weight excluding hydrogens is 380 g/mol. The lowest BCUT2D eigenvalue weighted by atomic mass is 10.2. The Labute approximate surface area is 167 Å². The van der Waals surface area contributed by atoms with Crippen molar-refractivity contribution in [1.82, 2.24) is 14.8 Å². The number of anilines is 1. The van der Waals surface area contributed by atoms with Crippen molar-refractivity contribution in [1.29, 1.82) is 0 Å². The molecule has 0 bridgehead atoms. The van der Waals surface area contributed by atoms with E-state index in [1.54, 1.807) is 54.5 Å². The van der Waals surface area contributed by atoms with Crippen LogP contribution >= 0.6 is 11.6 Å². The number of nitrogens with one attached hydrogen (secondary N) is 1. The van der Waals surface area contributed by atoms with E-state index in [-0.39, 0.29) is 5.91 Å². The van der Waals surface area contributed by atoms with Crippen molar-refractivity contribution in [3.8, 4) is 17.2 Å². The number of hydrogen-bond acceptors (Lipinski definition) is 5. The van der Waals surface area contributed by atoms with E-state index < -0.39 is 0 Å². The van der Waals surface area contributed by atoms with Crippen LogP contribution in [0.15, 0.2) is 55.1 Å². The van der Waals surface area contributed by atoms with Crippen LogP contribution in [0.4, 0.5) is 5.69 Å². The number of rotatable bonds is 7. The fourth-order valence-electron chi connectivity index (χ4n) is 2.55. The number of ether oxygens (including phenoxy) is 2. The number of benzene rings is 2. The van der Waals surface area contributed by atoms with E-state index in [0.29, 0.717) is 34.5 Å². The third-order valence-corrected chi connectivity index (χ3v) is 4.03. The molecule has 0 saturated heterocycles. The van der Waals surface area contributed by atoms with Crippen LogP contribution in [0.2, 0.25) is 5.02 Å². The fraction of sp³-hybridized carbons (Fsp3) is 0.150. The predicted octanol–water partition coefficient (Wildman–Crippen LogP) is 3.98. The van der Waals surface area contributed by atoms with Crippen LogP contribution in [0.25, 0.3) is 11.8 Å². The van der Waals surface area contributed by atoms with E-state index in [1.807, 2.05) is 13.0 Å². The molecule has 3 aromatic rings. The van der Waals surface area contributed by atoms with Crippen LogP contribution in [-0.4, -0.2) is 34.4 Å². The summed E-state index contributed by atoms with van der Waals surface area (Å²) in [5, 5.41) is 7.40. The molecule has 1 N–H and O–H groups in total. The van der Waals surface area contributed by atoms with Crippen LogP contribution in [0.1, 0.15) is 12.5 Å². The second-order valence-electron chi connectivity index (χ2n) is 5.67. The zero-order valence-electron chi connectivity index (χ0n) is 15.4. The zero-order chi connectivity index (χ0) is 19.9. The third-order valence-electron chi connectivity index (χ3n) is 3.80. The average Bonchev–Trinajstić information content (AvgIpc) is 3.22. The van der Waals surface area contributed by atoms with Gasteiger partial charge in [0.1, 0.15) is 12.7 Å². The Bertz CT molecular complexity index is 987. The SMILES string of the molecule is CCOc1ccc(/C=C/C(=O)Nc2cc(Cl)ccc2-n2cncn2)cc1OC. The van der Waals surface area contributed by atoms with Crippen molar-refractivity contribution in [3.05, 3.63) is 65.7 Å². The van der Waals surface area contributed by atoms with Gasteiger partial charge in [0.25, 0.3) is 0 Å². The van der Waals surface area contributed by atoms with Crippen LogP contribution in [0, 0.1) is 0 Å². The Morgan fingerprint density at radius 2 is 2.11 bits per heavy atom. The maximum Gasteiger partial charge on any atom is 0.248 e. The molecule has 1 amide bonds. The number of amides is 1. The molecule has 8 heteroatoms. The maximum atomic E-state index is 12.4.